The second-order valence-electron chi connectivity index (χ2n) is 9.52. The Morgan fingerprint density at radius 1 is 0.829 bits per heavy atom. The number of benzene rings is 2. The quantitative estimate of drug-likeness (QED) is 0.293. The summed E-state index contributed by atoms with van der Waals surface area (Å²) in [5, 5.41) is 4.33. The van der Waals surface area contributed by atoms with Gasteiger partial charge in [0.05, 0.1) is 22.4 Å². The molecular weight excluding hydrogens is 438 g/mol. The predicted molar refractivity (Wildman–Crippen MR) is 140 cm³/mol. The zero-order chi connectivity index (χ0) is 23.9. The van der Waals surface area contributed by atoms with E-state index in [9.17, 15) is 9.59 Å². The first-order chi connectivity index (χ1) is 17.1. The molecule has 1 saturated heterocycles. The van der Waals surface area contributed by atoms with Crippen molar-refractivity contribution in [3.63, 3.8) is 0 Å². The highest BCUT2D eigenvalue weighted by Gasteiger charge is 2.35. The van der Waals surface area contributed by atoms with E-state index >= 15 is 0 Å². The summed E-state index contributed by atoms with van der Waals surface area (Å²) in [5.41, 5.74) is 11.2. The molecule has 0 unspecified atom stereocenters. The summed E-state index contributed by atoms with van der Waals surface area (Å²) in [7, 11) is 0. The van der Waals surface area contributed by atoms with Gasteiger partial charge in [-0.15, -0.1) is 0 Å². The van der Waals surface area contributed by atoms with Crippen LogP contribution in [0.5, 0.6) is 0 Å². The lowest BCUT2D eigenvalue weighted by atomic mass is 9.95. The number of para-hydroxylation sites is 2. The highest BCUT2D eigenvalue weighted by atomic mass is 16.2. The summed E-state index contributed by atoms with van der Waals surface area (Å²) in [6, 6.07) is 13.6. The van der Waals surface area contributed by atoms with Crippen molar-refractivity contribution in [3.8, 4) is 0 Å². The number of piperidine rings is 1. The number of aryl methyl sites for hydroxylation is 1. The number of fused-ring (bicyclic) bond motifs is 2. The number of anilines is 1. The van der Waals surface area contributed by atoms with E-state index < -0.39 is 0 Å². The van der Waals surface area contributed by atoms with E-state index in [0.717, 1.165) is 52.4 Å². The van der Waals surface area contributed by atoms with Gasteiger partial charge in [0.15, 0.2) is 0 Å². The molecule has 0 atom stereocenters. The molecule has 0 bridgehead atoms. The number of carbonyl (C=O) groups is 2. The molecule has 0 spiro atoms. The molecule has 4 aromatic rings. The van der Waals surface area contributed by atoms with Crippen molar-refractivity contribution >= 4 is 50.5 Å². The van der Waals surface area contributed by atoms with E-state index in [1.807, 2.05) is 54.9 Å². The van der Waals surface area contributed by atoms with Crippen LogP contribution >= 0.6 is 0 Å². The van der Waals surface area contributed by atoms with Gasteiger partial charge in [0.1, 0.15) is 0 Å². The van der Waals surface area contributed by atoms with Crippen LogP contribution in [0, 0.1) is 0 Å². The number of nitrogens with zero attached hydrogens (tertiary/aromatic N) is 2. The summed E-state index contributed by atoms with van der Waals surface area (Å²) in [5.74, 6) is -0.741. The topological polar surface area (TPSA) is 96.1 Å². The number of aromatic amines is 1. The molecule has 2 aromatic heterocycles. The van der Waals surface area contributed by atoms with Crippen molar-refractivity contribution in [2.45, 2.75) is 32.2 Å². The summed E-state index contributed by atoms with van der Waals surface area (Å²) in [6.07, 6.45) is 8.68. The molecule has 35 heavy (non-hydrogen) atoms. The first-order valence-electron chi connectivity index (χ1n) is 12.4. The molecule has 0 saturated carbocycles. The van der Waals surface area contributed by atoms with Crippen LogP contribution in [0.25, 0.3) is 33.0 Å². The van der Waals surface area contributed by atoms with E-state index in [1.54, 1.807) is 0 Å². The Morgan fingerprint density at radius 2 is 1.57 bits per heavy atom. The van der Waals surface area contributed by atoms with Gasteiger partial charge >= 0.3 is 0 Å². The van der Waals surface area contributed by atoms with Crippen LogP contribution in [0.4, 0.5) is 5.69 Å². The van der Waals surface area contributed by atoms with Crippen LogP contribution in [0.2, 0.25) is 0 Å². The largest absolute Gasteiger partial charge is 0.397 e. The van der Waals surface area contributed by atoms with Gasteiger partial charge in [-0.25, -0.2) is 0 Å². The Morgan fingerprint density at radius 3 is 2.40 bits per heavy atom. The van der Waals surface area contributed by atoms with Gasteiger partial charge < -0.3 is 20.2 Å². The number of carbonyl (C=O) groups excluding carboxylic acids is 2. The number of nitrogens with one attached hydrogen (secondary N) is 2. The third-order valence-electron chi connectivity index (χ3n) is 7.31. The van der Waals surface area contributed by atoms with Gasteiger partial charge in [-0.1, -0.05) is 36.8 Å². The Bertz CT molecular complexity index is 1490. The number of imide groups is 1. The second-order valence-corrected chi connectivity index (χ2v) is 9.52. The molecule has 2 amide bonds. The van der Waals surface area contributed by atoms with Crippen LogP contribution in [0.3, 0.4) is 0 Å². The number of nitrogen functional groups attached to an aromatic ring is 1. The van der Waals surface area contributed by atoms with Gasteiger partial charge in [0.25, 0.3) is 11.8 Å². The highest BCUT2D eigenvalue weighted by Crippen LogP contribution is 2.39. The number of amides is 2. The minimum atomic E-state index is -0.371. The Labute approximate surface area is 203 Å². The molecule has 0 aliphatic carbocycles. The van der Waals surface area contributed by atoms with Gasteiger partial charge in [0.2, 0.25) is 0 Å². The third-order valence-corrected chi connectivity index (χ3v) is 7.31. The lowest BCUT2D eigenvalue weighted by Crippen LogP contribution is -2.31. The van der Waals surface area contributed by atoms with E-state index in [2.05, 4.69) is 19.8 Å². The van der Waals surface area contributed by atoms with Gasteiger partial charge in [0, 0.05) is 46.4 Å². The molecule has 2 aromatic carbocycles. The van der Waals surface area contributed by atoms with E-state index in [1.165, 1.54) is 32.4 Å². The normalized spacial score (nSPS) is 17.1. The van der Waals surface area contributed by atoms with Crippen molar-refractivity contribution in [1.82, 2.24) is 19.8 Å². The average Bonchev–Trinajstić information content (AvgIpc) is 3.53. The molecule has 4 heterocycles. The average molecular weight is 468 g/mol. The van der Waals surface area contributed by atoms with Crippen LogP contribution in [0.15, 0.2) is 54.9 Å². The summed E-state index contributed by atoms with van der Waals surface area (Å²) in [6.45, 7) is 4.18. The molecular formula is C28H29N5O2. The fraction of sp³-hybridized carbons (Fsp3) is 0.286. The molecule has 1 fully saturated rings. The van der Waals surface area contributed by atoms with Crippen LogP contribution in [0.1, 0.15) is 36.8 Å². The Balaban J connectivity index is 1.45. The van der Waals surface area contributed by atoms with E-state index in [0.29, 0.717) is 16.8 Å². The number of hydrogen-bond acceptors (Lipinski definition) is 4. The van der Waals surface area contributed by atoms with Gasteiger partial charge in [-0.2, -0.15) is 0 Å². The zero-order valence-electron chi connectivity index (χ0n) is 19.6. The lowest BCUT2D eigenvalue weighted by Gasteiger charge is -2.26. The smallest absolute Gasteiger partial charge is 0.259 e. The van der Waals surface area contributed by atoms with Gasteiger partial charge in [-0.05, 0) is 51.0 Å². The fourth-order valence-corrected chi connectivity index (χ4v) is 5.66. The monoisotopic (exact) mass is 467 g/mol. The maximum absolute atomic E-state index is 13.1. The van der Waals surface area contributed by atoms with E-state index in [4.69, 9.17) is 5.73 Å². The van der Waals surface area contributed by atoms with Crippen molar-refractivity contribution in [2.24, 2.45) is 0 Å². The minimum absolute atomic E-state index is 0.370. The van der Waals surface area contributed by atoms with Crippen LogP contribution in [-0.4, -0.2) is 45.9 Å². The number of likely N-dealkylation sites (tertiary alicyclic amines) is 1. The van der Waals surface area contributed by atoms with Crippen molar-refractivity contribution < 1.29 is 9.59 Å². The van der Waals surface area contributed by atoms with Crippen LogP contribution in [-0.2, 0) is 16.1 Å². The molecule has 0 radical (unpaired) electrons. The van der Waals surface area contributed by atoms with Crippen molar-refractivity contribution in [3.05, 3.63) is 66.0 Å². The maximum atomic E-state index is 13.1. The first-order valence-corrected chi connectivity index (χ1v) is 12.4. The SMILES string of the molecule is Nc1cccc2c(C3=C(c4c[nH]c5ccccc45)C(=O)NC3=O)cn(CCCN3CCCCC3)c12. The van der Waals surface area contributed by atoms with Crippen LogP contribution < -0.4 is 11.1 Å². The summed E-state index contributed by atoms with van der Waals surface area (Å²) in [4.78, 5) is 31.9. The number of nitrogens with two attached hydrogens (primary N) is 1. The Kier molecular flexibility index (Phi) is 5.41. The predicted octanol–water partition coefficient (Wildman–Crippen LogP) is 4.15. The Hall–Kier alpha value is -3.84. The van der Waals surface area contributed by atoms with Gasteiger partial charge in [-0.3, -0.25) is 14.9 Å². The number of H-pyrrole nitrogens is 1. The molecule has 6 rings (SSSR count). The molecule has 2 aliphatic rings. The summed E-state index contributed by atoms with van der Waals surface area (Å²) < 4.78 is 2.15. The lowest BCUT2D eigenvalue weighted by molar-refractivity contribution is -0.122. The third kappa shape index (κ3) is 3.72. The first kappa shape index (κ1) is 21.7. The molecule has 7 heteroatoms. The maximum Gasteiger partial charge on any atom is 0.259 e. The fourth-order valence-electron chi connectivity index (χ4n) is 5.66. The zero-order valence-corrected chi connectivity index (χ0v) is 19.6. The minimum Gasteiger partial charge on any atom is -0.397 e. The standard InChI is InChI=1S/C28H29N5O2/c29-22-10-6-9-19-21(17-33(26(19)22)15-7-14-32-12-4-1-5-13-32)25-24(27(34)31-28(25)35)20-16-30-23-11-3-2-8-18(20)23/h2-3,6,8-11,16-17,30H,1,4-5,7,12-15,29H2,(H,31,34,35). The van der Waals surface area contributed by atoms with E-state index in [-0.39, 0.29) is 11.8 Å². The molecule has 7 nitrogen and oxygen atoms in total. The van der Waals surface area contributed by atoms with Crippen molar-refractivity contribution in [2.75, 3.05) is 25.4 Å². The number of aromatic nitrogens is 2. The molecule has 2 aliphatic heterocycles. The number of hydrogen-bond donors (Lipinski definition) is 3. The molecule has 4 N–H and O–H groups in total. The summed E-state index contributed by atoms with van der Waals surface area (Å²) >= 11 is 0. The number of rotatable bonds is 6. The second kappa shape index (κ2) is 8.74. The van der Waals surface area contributed by atoms with Crippen molar-refractivity contribution in [1.29, 1.82) is 0 Å². The molecule has 178 valence electrons. The highest BCUT2D eigenvalue weighted by molar-refractivity contribution is 6.50.